The average Bonchev–Trinajstić information content (AvgIpc) is 3.10. The Morgan fingerprint density at radius 2 is 1.90 bits per heavy atom. The zero-order chi connectivity index (χ0) is 14.9. The number of hydrogen-bond donors (Lipinski definition) is 1. The van der Waals surface area contributed by atoms with Crippen molar-refractivity contribution in [2.75, 3.05) is 4.72 Å². The first-order valence-corrected chi connectivity index (χ1v) is 8.61. The molecular formula is C13H10ClN3O2S2. The molecule has 0 aliphatic rings. The normalized spacial score (nSPS) is 11.5. The molecule has 21 heavy (non-hydrogen) atoms. The van der Waals surface area contributed by atoms with E-state index in [1.807, 2.05) is 12.3 Å². The molecule has 1 N–H and O–H groups in total. The van der Waals surface area contributed by atoms with Gasteiger partial charge in [0.25, 0.3) is 10.0 Å². The van der Waals surface area contributed by atoms with Gasteiger partial charge in [-0.25, -0.2) is 13.1 Å². The Labute approximate surface area is 130 Å². The Bertz CT molecular complexity index is 840. The van der Waals surface area contributed by atoms with Gasteiger partial charge in [0.15, 0.2) is 0 Å². The summed E-state index contributed by atoms with van der Waals surface area (Å²) in [7, 11) is -3.60. The molecule has 0 aliphatic heterocycles. The molecule has 0 bridgehead atoms. The van der Waals surface area contributed by atoms with Crippen LogP contribution in [0.1, 0.15) is 0 Å². The summed E-state index contributed by atoms with van der Waals surface area (Å²) in [5, 5.41) is 4.11. The standard InChI is InChI=1S/C13H10ClN3O2S2/c14-12-6-7-13(20-12)21(18,19)16-10-2-4-11(5-3-10)17-9-1-8-15-17/h1-9,16H. The van der Waals surface area contributed by atoms with Crippen molar-refractivity contribution in [1.29, 1.82) is 0 Å². The molecule has 2 aromatic heterocycles. The first-order chi connectivity index (χ1) is 10.0. The van der Waals surface area contributed by atoms with Crippen LogP contribution in [0.4, 0.5) is 5.69 Å². The monoisotopic (exact) mass is 339 g/mol. The minimum Gasteiger partial charge on any atom is -0.279 e. The molecule has 0 unspecified atom stereocenters. The van der Waals surface area contributed by atoms with E-state index in [0.29, 0.717) is 10.0 Å². The summed E-state index contributed by atoms with van der Waals surface area (Å²) in [6.45, 7) is 0. The van der Waals surface area contributed by atoms with Crippen molar-refractivity contribution >= 4 is 38.6 Å². The highest BCUT2D eigenvalue weighted by Gasteiger charge is 2.16. The minimum absolute atomic E-state index is 0.184. The van der Waals surface area contributed by atoms with E-state index < -0.39 is 10.0 Å². The van der Waals surface area contributed by atoms with E-state index in [4.69, 9.17) is 11.6 Å². The Morgan fingerprint density at radius 3 is 2.48 bits per heavy atom. The third-order valence-corrected chi connectivity index (χ3v) is 5.81. The molecule has 108 valence electrons. The number of sulfonamides is 1. The minimum atomic E-state index is -3.60. The summed E-state index contributed by atoms with van der Waals surface area (Å²) in [6.07, 6.45) is 3.49. The van der Waals surface area contributed by atoms with Crippen molar-refractivity contribution in [2.24, 2.45) is 0 Å². The summed E-state index contributed by atoms with van der Waals surface area (Å²) in [5.41, 5.74) is 1.33. The molecule has 0 aliphatic carbocycles. The molecule has 0 amide bonds. The van der Waals surface area contributed by atoms with Gasteiger partial charge in [0.05, 0.1) is 10.0 Å². The summed E-state index contributed by atoms with van der Waals surface area (Å²) >= 11 is 6.78. The number of halogens is 1. The fourth-order valence-corrected chi connectivity index (χ4v) is 4.29. The van der Waals surface area contributed by atoms with Crippen LogP contribution in [0.2, 0.25) is 4.34 Å². The molecule has 0 saturated carbocycles. The van der Waals surface area contributed by atoms with Crippen molar-refractivity contribution in [2.45, 2.75) is 4.21 Å². The maximum Gasteiger partial charge on any atom is 0.271 e. The molecule has 0 radical (unpaired) electrons. The van der Waals surface area contributed by atoms with Gasteiger partial charge < -0.3 is 0 Å². The lowest BCUT2D eigenvalue weighted by Crippen LogP contribution is -2.11. The van der Waals surface area contributed by atoms with E-state index in [-0.39, 0.29) is 4.21 Å². The summed E-state index contributed by atoms with van der Waals surface area (Å²) < 4.78 is 29.1. The van der Waals surface area contributed by atoms with Gasteiger partial charge in [-0.1, -0.05) is 11.6 Å². The van der Waals surface area contributed by atoms with Crippen LogP contribution < -0.4 is 4.72 Å². The number of nitrogens with zero attached hydrogens (tertiary/aromatic N) is 2. The fraction of sp³-hybridized carbons (Fsp3) is 0. The van der Waals surface area contributed by atoms with Crippen LogP contribution in [-0.2, 0) is 10.0 Å². The Hall–Kier alpha value is -1.83. The van der Waals surface area contributed by atoms with Crippen LogP contribution in [0.25, 0.3) is 5.69 Å². The summed E-state index contributed by atoms with van der Waals surface area (Å²) in [5.74, 6) is 0. The molecule has 2 heterocycles. The van der Waals surface area contributed by atoms with Gasteiger partial charge in [-0.3, -0.25) is 4.72 Å². The lowest BCUT2D eigenvalue weighted by atomic mass is 10.3. The Kier molecular flexibility index (Phi) is 3.71. The summed E-state index contributed by atoms with van der Waals surface area (Å²) in [4.78, 5) is 0. The number of aromatic nitrogens is 2. The molecule has 1 aromatic carbocycles. The molecule has 0 saturated heterocycles. The molecular weight excluding hydrogens is 330 g/mol. The molecule has 8 heteroatoms. The molecule has 0 spiro atoms. The van der Waals surface area contributed by atoms with Gasteiger partial charge in [0, 0.05) is 18.1 Å². The van der Waals surface area contributed by atoms with Crippen molar-refractivity contribution in [1.82, 2.24) is 9.78 Å². The lowest BCUT2D eigenvalue weighted by Gasteiger charge is -2.07. The maximum atomic E-state index is 12.2. The number of hydrogen-bond acceptors (Lipinski definition) is 4. The van der Waals surface area contributed by atoms with Gasteiger partial charge in [0.1, 0.15) is 4.21 Å². The number of rotatable bonds is 4. The average molecular weight is 340 g/mol. The zero-order valence-corrected chi connectivity index (χ0v) is 13.0. The third kappa shape index (κ3) is 3.10. The maximum absolute atomic E-state index is 12.2. The first kappa shape index (κ1) is 14.1. The SMILES string of the molecule is O=S(=O)(Nc1ccc(-n2cccn2)cc1)c1ccc(Cl)s1. The van der Waals surface area contributed by atoms with Crippen molar-refractivity contribution < 1.29 is 8.42 Å². The molecule has 5 nitrogen and oxygen atoms in total. The van der Waals surface area contributed by atoms with Gasteiger partial charge >= 0.3 is 0 Å². The third-order valence-electron chi connectivity index (χ3n) is 2.70. The molecule has 0 atom stereocenters. The van der Waals surface area contributed by atoms with E-state index in [1.54, 1.807) is 41.2 Å². The van der Waals surface area contributed by atoms with Crippen LogP contribution >= 0.6 is 22.9 Å². The first-order valence-electron chi connectivity index (χ1n) is 5.93. The van der Waals surface area contributed by atoms with Crippen LogP contribution in [0.5, 0.6) is 0 Å². The van der Waals surface area contributed by atoms with Gasteiger partial charge in [-0.15, -0.1) is 11.3 Å². The van der Waals surface area contributed by atoms with E-state index in [1.165, 1.54) is 6.07 Å². The largest absolute Gasteiger partial charge is 0.279 e. The summed E-state index contributed by atoms with van der Waals surface area (Å²) in [6, 6.07) is 11.8. The van der Waals surface area contributed by atoms with Crippen molar-refractivity contribution in [3.05, 3.63) is 59.2 Å². The van der Waals surface area contributed by atoms with Crippen LogP contribution in [0.15, 0.2) is 59.1 Å². The topological polar surface area (TPSA) is 64.0 Å². The number of benzene rings is 1. The van der Waals surface area contributed by atoms with Crippen LogP contribution in [0.3, 0.4) is 0 Å². The van der Waals surface area contributed by atoms with Crippen LogP contribution in [-0.4, -0.2) is 18.2 Å². The Balaban J connectivity index is 1.82. The van der Waals surface area contributed by atoms with E-state index in [0.717, 1.165) is 17.0 Å². The highest BCUT2D eigenvalue weighted by molar-refractivity contribution is 7.94. The predicted molar refractivity (Wildman–Crippen MR) is 83.7 cm³/mol. The van der Waals surface area contributed by atoms with Gasteiger partial charge in [0.2, 0.25) is 0 Å². The van der Waals surface area contributed by atoms with E-state index in [9.17, 15) is 8.42 Å². The zero-order valence-electron chi connectivity index (χ0n) is 10.6. The van der Waals surface area contributed by atoms with E-state index >= 15 is 0 Å². The van der Waals surface area contributed by atoms with Crippen molar-refractivity contribution in [3.63, 3.8) is 0 Å². The molecule has 3 aromatic rings. The van der Waals surface area contributed by atoms with Crippen LogP contribution in [0, 0.1) is 0 Å². The fourth-order valence-electron chi connectivity index (χ4n) is 1.75. The van der Waals surface area contributed by atoms with Gasteiger partial charge in [-0.05, 0) is 42.5 Å². The number of anilines is 1. The van der Waals surface area contributed by atoms with E-state index in [2.05, 4.69) is 9.82 Å². The number of nitrogens with one attached hydrogen (secondary N) is 1. The molecule has 0 fully saturated rings. The molecule has 3 rings (SSSR count). The number of thiophene rings is 1. The lowest BCUT2D eigenvalue weighted by molar-refractivity contribution is 0.603. The quantitative estimate of drug-likeness (QED) is 0.792. The Morgan fingerprint density at radius 1 is 1.14 bits per heavy atom. The second kappa shape index (κ2) is 5.51. The second-order valence-electron chi connectivity index (χ2n) is 4.16. The van der Waals surface area contributed by atoms with Gasteiger partial charge in [-0.2, -0.15) is 5.10 Å². The highest BCUT2D eigenvalue weighted by atomic mass is 35.5. The second-order valence-corrected chi connectivity index (χ2v) is 7.79. The highest BCUT2D eigenvalue weighted by Crippen LogP contribution is 2.27. The van der Waals surface area contributed by atoms with Crippen molar-refractivity contribution in [3.8, 4) is 5.69 Å². The predicted octanol–water partition coefficient (Wildman–Crippen LogP) is 3.39. The smallest absolute Gasteiger partial charge is 0.271 e.